The van der Waals surface area contributed by atoms with Crippen molar-refractivity contribution in [1.29, 1.82) is 0 Å². The standard InChI is InChI=1S/C25H29F3N4O2/c1-34-18-4-2-3-17(8-18)20-9-21(25(26,27)28)32-22(30-20)19(13-29-32)23(33)31-24-10-14-5-15(11-24)7-16(6-14)12-24/h2-4,8,13-16,20-21,30H,5-7,9-12H2,1H3,(H,31,33). The van der Waals surface area contributed by atoms with Crippen molar-refractivity contribution in [2.45, 2.75) is 68.7 Å². The van der Waals surface area contributed by atoms with Crippen molar-refractivity contribution >= 4 is 11.7 Å². The number of aromatic nitrogens is 2. The fraction of sp³-hybridized carbons (Fsp3) is 0.600. The Morgan fingerprint density at radius 3 is 2.44 bits per heavy atom. The van der Waals surface area contributed by atoms with Crippen molar-refractivity contribution < 1.29 is 22.7 Å². The van der Waals surface area contributed by atoms with E-state index in [9.17, 15) is 18.0 Å². The van der Waals surface area contributed by atoms with E-state index in [1.807, 2.05) is 0 Å². The molecule has 1 amide bonds. The van der Waals surface area contributed by atoms with Crippen LogP contribution >= 0.6 is 0 Å². The van der Waals surface area contributed by atoms with Gasteiger partial charge in [0.25, 0.3) is 5.91 Å². The number of halogens is 3. The summed E-state index contributed by atoms with van der Waals surface area (Å²) in [6.07, 6.45) is 3.22. The molecule has 2 unspecified atom stereocenters. The smallest absolute Gasteiger partial charge is 0.410 e. The highest BCUT2D eigenvalue weighted by Crippen LogP contribution is 2.56. The number of nitrogens with zero attached hydrogens (tertiary/aromatic N) is 2. The number of ether oxygens (including phenoxy) is 1. The van der Waals surface area contributed by atoms with Gasteiger partial charge in [-0.2, -0.15) is 18.3 Å². The molecule has 1 aromatic carbocycles. The van der Waals surface area contributed by atoms with E-state index < -0.39 is 18.3 Å². The Bertz CT molecular complexity index is 1080. The maximum atomic E-state index is 14.0. The van der Waals surface area contributed by atoms with Crippen molar-refractivity contribution in [3.63, 3.8) is 0 Å². The molecular formula is C25H29F3N4O2. The number of amides is 1. The number of hydrogen-bond donors (Lipinski definition) is 2. The van der Waals surface area contributed by atoms with Gasteiger partial charge >= 0.3 is 6.18 Å². The average molecular weight is 475 g/mol. The van der Waals surface area contributed by atoms with Crippen LogP contribution in [0.25, 0.3) is 0 Å². The van der Waals surface area contributed by atoms with E-state index in [-0.39, 0.29) is 29.2 Å². The maximum Gasteiger partial charge on any atom is 0.410 e. The highest BCUT2D eigenvalue weighted by atomic mass is 19.4. The largest absolute Gasteiger partial charge is 0.497 e. The fourth-order valence-corrected chi connectivity index (χ4v) is 7.38. The molecule has 34 heavy (non-hydrogen) atoms. The molecule has 9 heteroatoms. The number of alkyl halides is 3. The van der Waals surface area contributed by atoms with Gasteiger partial charge in [-0.3, -0.25) is 4.79 Å². The van der Waals surface area contributed by atoms with Crippen LogP contribution in [0.4, 0.5) is 19.0 Å². The second-order valence-corrected chi connectivity index (χ2v) is 10.8. The number of carbonyl (C=O) groups excluding carboxylic acids is 1. The van der Waals surface area contributed by atoms with Crippen molar-refractivity contribution in [3.05, 3.63) is 41.6 Å². The van der Waals surface area contributed by atoms with Crippen LogP contribution < -0.4 is 15.4 Å². The van der Waals surface area contributed by atoms with E-state index in [0.717, 1.165) is 23.9 Å². The highest BCUT2D eigenvalue weighted by Gasteiger charge is 2.52. The Balaban J connectivity index is 1.31. The number of benzene rings is 1. The summed E-state index contributed by atoms with van der Waals surface area (Å²) in [6.45, 7) is 0. The molecule has 1 aromatic heterocycles. The molecule has 5 aliphatic rings. The molecule has 2 aromatic rings. The van der Waals surface area contributed by atoms with Gasteiger partial charge in [-0.25, -0.2) is 4.68 Å². The van der Waals surface area contributed by atoms with Crippen LogP contribution in [0, 0.1) is 17.8 Å². The molecule has 4 saturated carbocycles. The van der Waals surface area contributed by atoms with Gasteiger partial charge in [-0.15, -0.1) is 0 Å². The molecule has 6 nitrogen and oxygen atoms in total. The lowest BCUT2D eigenvalue weighted by atomic mass is 9.53. The van der Waals surface area contributed by atoms with E-state index in [1.54, 1.807) is 24.3 Å². The minimum Gasteiger partial charge on any atom is -0.497 e. The Kier molecular flexibility index (Phi) is 4.90. The van der Waals surface area contributed by atoms with Gasteiger partial charge in [0, 0.05) is 12.0 Å². The number of hydrogen-bond acceptors (Lipinski definition) is 4. The molecule has 0 radical (unpaired) electrons. The quantitative estimate of drug-likeness (QED) is 0.635. The zero-order valence-corrected chi connectivity index (χ0v) is 19.1. The lowest BCUT2D eigenvalue weighted by Gasteiger charge is -2.56. The van der Waals surface area contributed by atoms with Gasteiger partial charge in [0.2, 0.25) is 0 Å². The molecule has 182 valence electrons. The van der Waals surface area contributed by atoms with Gasteiger partial charge < -0.3 is 15.4 Å². The number of nitrogens with one attached hydrogen (secondary N) is 2. The van der Waals surface area contributed by atoms with E-state index in [0.29, 0.717) is 29.1 Å². The lowest BCUT2D eigenvalue weighted by molar-refractivity contribution is -0.173. The summed E-state index contributed by atoms with van der Waals surface area (Å²) < 4.78 is 48.3. The first-order chi connectivity index (χ1) is 16.2. The summed E-state index contributed by atoms with van der Waals surface area (Å²) in [5.41, 5.74) is 0.622. The minimum atomic E-state index is -4.49. The molecule has 7 rings (SSSR count). The number of fused-ring (bicyclic) bond motifs is 1. The van der Waals surface area contributed by atoms with Crippen LogP contribution in [0.2, 0.25) is 0 Å². The molecule has 4 bridgehead atoms. The van der Waals surface area contributed by atoms with Gasteiger partial charge in [-0.05, 0) is 74.0 Å². The maximum absolute atomic E-state index is 14.0. The zero-order chi connectivity index (χ0) is 23.7. The molecule has 1 aliphatic heterocycles. The predicted octanol–water partition coefficient (Wildman–Crippen LogP) is 5.25. The monoisotopic (exact) mass is 474 g/mol. The summed E-state index contributed by atoms with van der Waals surface area (Å²) >= 11 is 0. The third kappa shape index (κ3) is 3.64. The number of anilines is 1. The fourth-order valence-electron chi connectivity index (χ4n) is 7.38. The van der Waals surface area contributed by atoms with E-state index in [4.69, 9.17) is 4.74 Å². The van der Waals surface area contributed by atoms with Gasteiger partial charge in [0.15, 0.2) is 6.04 Å². The predicted molar refractivity (Wildman–Crippen MR) is 120 cm³/mol. The van der Waals surface area contributed by atoms with Crippen molar-refractivity contribution in [2.75, 3.05) is 12.4 Å². The second kappa shape index (κ2) is 7.65. The van der Waals surface area contributed by atoms with Gasteiger partial charge in [-0.1, -0.05) is 12.1 Å². The van der Waals surface area contributed by atoms with Crippen LogP contribution in [-0.4, -0.2) is 34.5 Å². The summed E-state index contributed by atoms with van der Waals surface area (Å²) in [7, 11) is 1.52. The molecule has 2 N–H and O–H groups in total. The van der Waals surface area contributed by atoms with Gasteiger partial charge in [0.1, 0.15) is 17.1 Å². The first kappa shape index (κ1) is 21.8. The van der Waals surface area contributed by atoms with Crippen LogP contribution in [0.3, 0.4) is 0 Å². The number of methoxy groups -OCH3 is 1. The average Bonchev–Trinajstić information content (AvgIpc) is 3.20. The van der Waals surface area contributed by atoms with Crippen molar-refractivity contribution in [1.82, 2.24) is 15.1 Å². The molecule has 0 spiro atoms. The van der Waals surface area contributed by atoms with Crippen molar-refractivity contribution in [2.24, 2.45) is 17.8 Å². The van der Waals surface area contributed by atoms with E-state index in [2.05, 4.69) is 15.7 Å². The third-order valence-corrected chi connectivity index (χ3v) is 8.40. The summed E-state index contributed by atoms with van der Waals surface area (Å²) in [5.74, 6) is 2.32. The highest BCUT2D eigenvalue weighted by molar-refractivity contribution is 5.99. The normalized spacial score (nSPS) is 33.8. The molecule has 2 heterocycles. The number of rotatable bonds is 4. The molecule has 4 aliphatic carbocycles. The zero-order valence-electron chi connectivity index (χ0n) is 19.1. The minimum absolute atomic E-state index is 0.128. The molecule has 2 atom stereocenters. The first-order valence-electron chi connectivity index (χ1n) is 12.1. The van der Waals surface area contributed by atoms with Crippen LogP contribution in [0.5, 0.6) is 5.75 Å². The van der Waals surface area contributed by atoms with Gasteiger partial charge in [0.05, 0.1) is 19.3 Å². The third-order valence-electron chi connectivity index (χ3n) is 8.40. The Hall–Kier alpha value is -2.71. The summed E-state index contributed by atoms with van der Waals surface area (Å²) in [6, 6.07) is 4.56. The summed E-state index contributed by atoms with van der Waals surface area (Å²) in [4.78, 5) is 13.5. The lowest BCUT2D eigenvalue weighted by Crippen LogP contribution is -2.59. The Labute approximate surface area is 196 Å². The Morgan fingerprint density at radius 2 is 1.82 bits per heavy atom. The van der Waals surface area contributed by atoms with Crippen molar-refractivity contribution in [3.8, 4) is 5.75 Å². The summed E-state index contributed by atoms with van der Waals surface area (Å²) in [5, 5.41) is 10.5. The molecule has 0 saturated heterocycles. The van der Waals surface area contributed by atoms with Crippen LogP contribution in [0.1, 0.15) is 73.0 Å². The molecule has 4 fully saturated rings. The number of carbonyl (C=O) groups is 1. The second-order valence-electron chi connectivity index (χ2n) is 10.8. The Morgan fingerprint density at radius 1 is 1.15 bits per heavy atom. The SMILES string of the molecule is COc1cccc(C2CC(C(F)(F)F)n3ncc(C(=O)NC45CC6CC(CC(C6)C4)C5)c3N2)c1. The molecular weight excluding hydrogens is 445 g/mol. The van der Waals surface area contributed by atoms with E-state index in [1.165, 1.54) is 32.6 Å². The van der Waals surface area contributed by atoms with Crippen LogP contribution in [-0.2, 0) is 0 Å². The van der Waals surface area contributed by atoms with E-state index >= 15 is 0 Å². The van der Waals surface area contributed by atoms with Crippen LogP contribution in [0.15, 0.2) is 30.5 Å². The topological polar surface area (TPSA) is 68.2 Å². The first-order valence-corrected chi connectivity index (χ1v) is 12.1.